The lowest BCUT2D eigenvalue weighted by Crippen LogP contribution is -2.32. The lowest BCUT2D eigenvalue weighted by Gasteiger charge is -2.24. The molecule has 0 spiro atoms. The number of fused-ring (bicyclic) bond motifs is 1. The maximum atomic E-state index is 5.82. The largest absolute Gasteiger partial charge is 0.481 e. The highest BCUT2D eigenvalue weighted by Crippen LogP contribution is 2.34. The Labute approximate surface area is 111 Å². The van der Waals surface area contributed by atoms with Crippen LogP contribution in [0.15, 0.2) is 53.5 Å². The van der Waals surface area contributed by atoms with Crippen molar-refractivity contribution in [3.63, 3.8) is 0 Å². The summed E-state index contributed by atoms with van der Waals surface area (Å²) in [6, 6.07) is 15.4. The first-order valence-electron chi connectivity index (χ1n) is 6.19. The SMILES string of the molecule is CC1Oc2ccc(N)cc2N=C1Nc1ccccc1. The van der Waals surface area contributed by atoms with Crippen LogP contribution in [0.25, 0.3) is 0 Å². The number of nitrogens with one attached hydrogen (secondary N) is 1. The van der Waals surface area contributed by atoms with Gasteiger partial charge < -0.3 is 15.8 Å². The van der Waals surface area contributed by atoms with Crippen LogP contribution in [0.1, 0.15) is 6.92 Å². The molecule has 0 aliphatic carbocycles. The van der Waals surface area contributed by atoms with Gasteiger partial charge in [0.1, 0.15) is 17.3 Å². The third kappa shape index (κ3) is 2.38. The second-order valence-corrected chi connectivity index (χ2v) is 4.48. The average Bonchev–Trinajstić information content (AvgIpc) is 2.41. The Bertz CT molecular complexity index is 623. The van der Waals surface area contributed by atoms with Crippen molar-refractivity contribution in [1.82, 2.24) is 0 Å². The zero-order chi connectivity index (χ0) is 13.2. The highest BCUT2D eigenvalue weighted by atomic mass is 16.5. The third-order valence-corrected chi connectivity index (χ3v) is 2.96. The number of ether oxygens (including phenoxy) is 1. The van der Waals surface area contributed by atoms with Crippen LogP contribution in [0, 0.1) is 0 Å². The zero-order valence-electron chi connectivity index (χ0n) is 10.6. The van der Waals surface area contributed by atoms with Crippen molar-refractivity contribution in [1.29, 1.82) is 0 Å². The van der Waals surface area contributed by atoms with Crippen molar-refractivity contribution in [2.24, 2.45) is 4.99 Å². The molecule has 96 valence electrons. The molecule has 0 saturated carbocycles. The Morgan fingerprint density at radius 3 is 2.74 bits per heavy atom. The average molecular weight is 253 g/mol. The normalized spacial score (nSPS) is 17.1. The first kappa shape index (κ1) is 11.6. The Hall–Kier alpha value is -2.49. The van der Waals surface area contributed by atoms with Crippen molar-refractivity contribution >= 4 is 22.9 Å². The number of aliphatic imine (C=N–C) groups is 1. The number of nitrogens with zero attached hydrogens (tertiary/aromatic N) is 1. The molecule has 1 heterocycles. The number of anilines is 2. The van der Waals surface area contributed by atoms with E-state index in [-0.39, 0.29) is 6.10 Å². The summed E-state index contributed by atoms with van der Waals surface area (Å²) in [4.78, 5) is 4.58. The minimum atomic E-state index is -0.115. The summed E-state index contributed by atoms with van der Waals surface area (Å²) in [6.07, 6.45) is -0.115. The number of nitrogens with two attached hydrogens (primary N) is 1. The van der Waals surface area contributed by atoms with Crippen LogP contribution in [-0.2, 0) is 0 Å². The fraction of sp³-hybridized carbons (Fsp3) is 0.133. The molecule has 0 amide bonds. The molecule has 3 N–H and O–H groups in total. The molecule has 1 atom stereocenters. The Morgan fingerprint density at radius 2 is 1.95 bits per heavy atom. The van der Waals surface area contributed by atoms with Crippen molar-refractivity contribution in [2.75, 3.05) is 11.1 Å². The molecule has 0 fully saturated rings. The molecule has 2 aromatic carbocycles. The Morgan fingerprint density at radius 1 is 1.16 bits per heavy atom. The fourth-order valence-electron chi connectivity index (χ4n) is 1.99. The van der Waals surface area contributed by atoms with Gasteiger partial charge >= 0.3 is 0 Å². The number of hydrogen-bond acceptors (Lipinski definition) is 4. The molecule has 4 nitrogen and oxygen atoms in total. The van der Waals surface area contributed by atoms with Crippen molar-refractivity contribution < 1.29 is 4.74 Å². The molecule has 0 radical (unpaired) electrons. The maximum absolute atomic E-state index is 5.82. The first-order chi connectivity index (χ1) is 9.22. The van der Waals surface area contributed by atoms with E-state index in [1.165, 1.54) is 0 Å². The third-order valence-electron chi connectivity index (χ3n) is 2.96. The van der Waals surface area contributed by atoms with Crippen molar-refractivity contribution in [3.8, 4) is 5.75 Å². The number of benzene rings is 2. The molecule has 0 aromatic heterocycles. The van der Waals surface area contributed by atoms with Crippen LogP contribution < -0.4 is 15.8 Å². The van der Waals surface area contributed by atoms with Gasteiger partial charge in [-0.25, -0.2) is 4.99 Å². The molecular formula is C15H15N3O. The summed E-state index contributed by atoms with van der Waals surface area (Å²) >= 11 is 0. The van der Waals surface area contributed by atoms with E-state index in [4.69, 9.17) is 10.5 Å². The highest BCUT2D eigenvalue weighted by molar-refractivity contribution is 6.01. The lowest BCUT2D eigenvalue weighted by molar-refractivity contribution is 0.283. The van der Waals surface area contributed by atoms with E-state index in [1.807, 2.05) is 55.5 Å². The summed E-state index contributed by atoms with van der Waals surface area (Å²) in [7, 11) is 0. The van der Waals surface area contributed by atoms with Crippen LogP contribution in [0.4, 0.5) is 17.1 Å². The van der Waals surface area contributed by atoms with Crippen LogP contribution in [0.3, 0.4) is 0 Å². The smallest absolute Gasteiger partial charge is 0.153 e. The minimum Gasteiger partial charge on any atom is -0.481 e. The summed E-state index contributed by atoms with van der Waals surface area (Å²) in [5, 5.41) is 3.28. The number of para-hydroxylation sites is 1. The van der Waals surface area contributed by atoms with E-state index < -0.39 is 0 Å². The van der Waals surface area contributed by atoms with Crippen LogP contribution in [0.5, 0.6) is 5.75 Å². The van der Waals surface area contributed by atoms with Gasteiger partial charge in [0.05, 0.1) is 0 Å². The van der Waals surface area contributed by atoms with E-state index >= 15 is 0 Å². The predicted octanol–water partition coefficient (Wildman–Crippen LogP) is 3.19. The molecule has 4 heteroatoms. The first-order valence-corrected chi connectivity index (χ1v) is 6.19. The molecule has 2 aromatic rings. The maximum Gasteiger partial charge on any atom is 0.153 e. The number of nitrogen functional groups attached to an aromatic ring is 1. The highest BCUT2D eigenvalue weighted by Gasteiger charge is 2.20. The molecule has 0 bridgehead atoms. The van der Waals surface area contributed by atoms with Gasteiger partial charge in [-0.05, 0) is 37.3 Å². The van der Waals surface area contributed by atoms with Crippen molar-refractivity contribution in [3.05, 3.63) is 48.5 Å². The number of rotatable bonds is 1. The van der Waals surface area contributed by atoms with Gasteiger partial charge in [-0.1, -0.05) is 18.2 Å². The number of amidine groups is 1. The lowest BCUT2D eigenvalue weighted by atomic mass is 10.2. The molecule has 1 aliphatic rings. The monoisotopic (exact) mass is 253 g/mol. The standard InChI is InChI=1S/C15H15N3O/c1-10-15(17-12-5-3-2-4-6-12)18-13-9-11(16)7-8-14(13)19-10/h2-10H,16H2,1H3,(H,17,18). The van der Waals surface area contributed by atoms with Gasteiger partial charge in [0.15, 0.2) is 6.10 Å². The predicted molar refractivity (Wildman–Crippen MR) is 78.1 cm³/mol. The molecule has 0 saturated heterocycles. The molecule has 3 rings (SSSR count). The Balaban J connectivity index is 1.93. The summed E-state index contributed by atoms with van der Waals surface area (Å²) in [5.41, 5.74) is 8.20. The summed E-state index contributed by atoms with van der Waals surface area (Å²) in [5.74, 6) is 1.55. The van der Waals surface area contributed by atoms with E-state index in [2.05, 4.69) is 10.3 Å². The van der Waals surface area contributed by atoms with E-state index in [1.54, 1.807) is 0 Å². The summed E-state index contributed by atoms with van der Waals surface area (Å²) in [6.45, 7) is 1.97. The molecule has 1 unspecified atom stereocenters. The van der Waals surface area contributed by atoms with Gasteiger partial charge in [-0.15, -0.1) is 0 Å². The Kier molecular flexibility index (Phi) is 2.83. The quantitative estimate of drug-likeness (QED) is 0.767. The number of hydrogen-bond donors (Lipinski definition) is 2. The molecule has 1 aliphatic heterocycles. The summed E-state index contributed by atoms with van der Waals surface area (Å²) < 4.78 is 5.82. The van der Waals surface area contributed by atoms with Crippen LogP contribution in [0.2, 0.25) is 0 Å². The van der Waals surface area contributed by atoms with E-state index in [9.17, 15) is 0 Å². The van der Waals surface area contributed by atoms with E-state index in [0.717, 1.165) is 23.0 Å². The van der Waals surface area contributed by atoms with Gasteiger partial charge in [0.25, 0.3) is 0 Å². The van der Waals surface area contributed by atoms with Gasteiger partial charge in [0.2, 0.25) is 0 Å². The van der Waals surface area contributed by atoms with Gasteiger partial charge in [-0.2, -0.15) is 0 Å². The molecule has 19 heavy (non-hydrogen) atoms. The van der Waals surface area contributed by atoms with Gasteiger partial charge in [-0.3, -0.25) is 0 Å². The van der Waals surface area contributed by atoms with Crippen LogP contribution in [-0.4, -0.2) is 11.9 Å². The van der Waals surface area contributed by atoms with Crippen LogP contribution >= 0.6 is 0 Å². The van der Waals surface area contributed by atoms with E-state index in [0.29, 0.717) is 5.69 Å². The fourth-order valence-corrected chi connectivity index (χ4v) is 1.99. The zero-order valence-corrected chi connectivity index (χ0v) is 10.6. The van der Waals surface area contributed by atoms with Crippen molar-refractivity contribution in [2.45, 2.75) is 13.0 Å². The second kappa shape index (κ2) is 4.65. The second-order valence-electron chi connectivity index (χ2n) is 4.48. The minimum absolute atomic E-state index is 0.115. The topological polar surface area (TPSA) is 59.6 Å². The molecular weight excluding hydrogens is 238 g/mol. The van der Waals surface area contributed by atoms with Gasteiger partial charge in [0, 0.05) is 11.4 Å².